The van der Waals surface area contributed by atoms with E-state index in [-0.39, 0.29) is 0 Å². The Morgan fingerprint density at radius 2 is 1.95 bits per heavy atom. The van der Waals surface area contributed by atoms with E-state index in [0.29, 0.717) is 24.3 Å². The lowest BCUT2D eigenvalue weighted by Gasteiger charge is -2.14. The summed E-state index contributed by atoms with van der Waals surface area (Å²) in [6.07, 6.45) is 1.07. The SMILES string of the molecule is CCCC(NC(=O)Nc1ccc(OC)cc1)C(=O)O. The number of rotatable bonds is 6. The van der Waals surface area contributed by atoms with E-state index in [1.807, 2.05) is 6.92 Å². The Balaban J connectivity index is 2.55. The fraction of sp³-hybridized carbons (Fsp3) is 0.385. The molecule has 1 aromatic carbocycles. The van der Waals surface area contributed by atoms with Crippen LogP contribution in [0.5, 0.6) is 5.75 Å². The van der Waals surface area contributed by atoms with Crippen LogP contribution in [0.15, 0.2) is 24.3 Å². The van der Waals surface area contributed by atoms with Crippen LogP contribution in [0.3, 0.4) is 0 Å². The first-order valence-electron chi connectivity index (χ1n) is 6.01. The second kappa shape index (κ2) is 7.25. The molecule has 6 nitrogen and oxygen atoms in total. The third-order valence-electron chi connectivity index (χ3n) is 2.53. The molecular weight excluding hydrogens is 248 g/mol. The molecule has 0 aliphatic heterocycles. The smallest absolute Gasteiger partial charge is 0.326 e. The van der Waals surface area contributed by atoms with Crippen molar-refractivity contribution in [3.05, 3.63) is 24.3 Å². The summed E-state index contributed by atoms with van der Waals surface area (Å²) in [6.45, 7) is 1.86. The molecule has 1 rings (SSSR count). The first-order valence-corrected chi connectivity index (χ1v) is 6.01. The van der Waals surface area contributed by atoms with Crippen molar-refractivity contribution < 1.29 is 19.4 Å². The van der Waals surface area contributed by atoms with E-state index in [0.717, 1.165) is 0 Å². The molecule has 104 valence electrons. The van der Waals surface area contributed by atoms with E-state index in [9.17, 15) is 9.59 Å². The number of urea groups is 1. The van der Waals surface area contributed by atoms with Gasteiger partial charge in [0.2, 0.25) is 0 Å². The van der Waals surface area contributed by atoms with Crippen molar-refractivity contribution >= 4 is 17.7 Å². The molecule has 0 fully saturated rings. The summed E-state index contributed by atoms with van der Waals surface area (Å²) in [5.74, 6) is -0.355. The van der Waals surface area contributed by atoms with Gasteiger partial charge in [-0.2, -0.15) is 0 Å². The van der Waals surface area contributed by atoms with Crippen LogP contribution in [0, 0.1) is 0 Å². The summed E-state index contributed by atoms with van der Waals surface area (Å²) >= 11 is 0. The zero-order valence-corrected chi connectivity index (χ0v) is 11.0. The van der Waals surface area contributed by atoms with E-state index in [2.05, 4.69) is 10.6 Å². The fourth-order valence-electron chi connectivity index (χ4n) is 1.55. The molecule has 3 N–H and O–H groups in total. The number of methoxy groups -OCH3 is 1. The van der Waals surface area contributed by atoms with E-state index in [1.54, 1.807) is 31.4 Å². The number of benzene rings is 1. The Kier molecular flexibility index (Phi) is 5.66. The van der Waals surface area contributed by atoms with Gasteiger partial charge in [-0.05, 0) is 30.7 Å². The van der Waals surface area contributed by atoms with Crippen molar-refractivity contribution in [2.45, 2.75) is 25.8 Å². The number of aliphatic carboxylic acids is 1. The van der Waals surface area contributed by atoms with E-state index in [4.69, 9.17) is 9.84 Å². The number of ether oxygens (including phenoxy) is 1. The third-order valence-corrected chi connectivity index (χ3v) is 2.53. The van der Waals surface area contributed by atoms with Crippen LogP contribution in [-0.4, -0.2) is 30.3 Å². The van der Waals surface area contributed by atoms with Gasteiger partial charge in [-0.15, -0.1) is 0 Å². The standard InChI is InChI=1S/C13H18N2O4/c1-3-4-11(12(16)17)15-13(18)14-9-5-7-10(19-2)8-6-9/h5-8,11H,3-4H2,1-2H3,(H,16,17)(H2,14,15,18). The maximum atomic E-state index is 11.6. The molecule has 0 spiro atoms. The first kappa shape index (κ1) is 14.8. The highest BCUT2D eigenvalue weighted by Gasteiger charge is 2.18. The van der Waals surface area contributed by atoms with Gasteiger partial charge in [-0.1, -0.05) is 13.3 Å². The lowest BCUT2D eigenvalue weighted by atomic mass is 10.2. The Morgan fingerprint density at radius 3 is 2.42 bits per heavy atom. The van der Waals surface area contributed by atoms with Crippen molar-refractivity contribution in [1.82, 2.24) is 5.32 Å². The molecule has 0 radical (unpaired) electrons. The van der Waals surface area contributed by atoms with Gasteiger partial charge in [0.15, 0.2) is 0 Å². The second-order valence-corrected chi connectivity index (χ2v) is 4.01. The van der Waals surface area contributed by atoms with Crippen LogP contribution in [0.4, 0.5) is 10.5 Å². The summed E-state index contributed by atoms with van der Waals surface area (Å²) < 4.78 is 5.00. The van der Waals surface area contributed by atoms with Crippen molar-refractivity contribution in [3.63, 3.8) is 0 Å². The Bertz CT molecular complexity index is 431. The molecule has 0 aromatic heterocycles. The molecule has 1 atom stereocenters. The predicted molar refractivity (Wildman–Crippen MR) is 71.5 cm³/mol. The highest BCUT2D eigenvalue weighted by atomic mass is 16.5. The van der Waals surface area contributed by atoms with Gasteiger partial charge in [-0.3, -0.25) is 0 Å². The number of carboxylic acids is 1. The maximum Gasteiger partial charge on any atom is 0.326 e. The van der Waals surface area contributed by atoms with Gasteiger partial charge in [0.1, 0.15) is 11.8 Å². The number of carboxylic acid groups (broad SMARTS) is 1. The number of amides is 2. The molecule has 0 aliphatic carbocycles. The van der Waals surface area contributed by atoms with Crippen molar-refractivity contribution in [3.8, 4) is 5.75 Å². The number of carbonyl (C=O) groups is 2. The van der Waals surface area contributed by atoms with Crippen molar-refractivity contribution in [2.75, 3.05) is 12.4 Å². The lowest BCUT2D eigenvalue weighted by Crippen LogP contribution is -2.42. The minimum atomic E-state index is -1.04. The van der Waals surface area contributed by atoms with Gasteiger partial charge in [-0.25, -0.2) is 9.59 Å². The van der Waals surface area contributed by atoms with Gasteiger partial charge >= 0.3 is 12.0 Å². The monoisotopic (exact) mass is 266 g/mol. The average molecular weight is 266 g/mol. The Labute approximate surface area is 111 Å². The number of nitrogens with one attached hydrogen (secondary N) is 2. The average Bonchev–Trinajstić information content (AvgIpc) is 2.39. The summed E-state index contributed by atoms with van der Waals surface area (Å²) in [6, 6.07) is 5.35. The summed E-state index contributed by atoms with van der Waals surface area (Å²) in [4.78, 5) is 22.5. The first-order chi connectivity index (χ1) is 9.06. The molecule has 0 aliphatic rings. The van der Waals surface area contributed by atoms with E-state index in [1.165, 1.54) is 0 Å². The highest BCUT2D eigenvalue weighted by Crippen LogP contribution is 2.14. The van der Waals surface area contributed by atoms with Crippen LogP contribution in [0.2, 0.25) is 0 Å². The largest absolute Gasteiger partial charge is 0.497 e. The summed E-state index contributed by atoms with van der Waals surface area (Å²) in [5.41, 5.74) is 0.568. The zero-order valence-electron chi connectivity index (χ0n) is 11.0. The van der Waals surface area contributed by atoms with Crippen LogP contribution in [0.1, 0.15) is 19.8 Å². The van der Waals surface area contributed by atoms with Gasteiger partial charge in [0, 0.05) is 5.69 Å². The summed E-state index contributed by atoms with van der Waals surface area (Å²) in [7, 11) is 1.55. The van der Waals surface area contributed by atoms with E-state index >= 15 is 0 Å². The molecular formula is C13H18N2O4. The normalized spacial score (nSPS) is 11.5. The van der Waals surface area contributed by atoms with Crippen molar-refractivity contribution in [1.29, 1.82) is 0 Å². The predicted octanol–water partition coefficient (Wildman–Crippen LogP) is 2.07. The van der Waals surface area contributed by atoms with Crippen LogP contribution < -0.4 is 15.4 Å². The second-order valence-electron chi connectivity index (χ2n) is 4.01. The minimum absolute atomic E-state index is 0.394. The number of anilines is 1. The quantitative estimate of drug-likeness (QED) is 0.735. The molecule has 2 amide bonds. The number of hydrogen-bond acceptors (Lipinski definition) is 3. The maximum absolute atomic E-state index is 11.6. The lowest BCUT2D eigenvalue weighted by molar-refractivity contribution is -0.139. The molecule has 1 unspecified atom stereocenters. The molecule has 1 aromatic rings. The van der Waals surface area contributed by atoms with Crippen LogP contribution >= 0.6 is 0 Å². The Morgan fingerprint density at radius 1 is 1.32 bits per heavy atom. The molecule has 0 heterocycles. The van der Waals surface area contributed by atoms with Gasteiger partial charge in [0.05, 0.1) is 7.11 Å². The third kappa shape index (κ3) is 4.87. The fourth-order valence-corrected chi connectivity index (χ4v) is 1.55. The molecule has 0 bridgehead atoms. The number of hydrogen-bond donors (Lipinski definition) is 3. The van der Waals surface area contributed by atoms with Gasteiger partial charge < -0.3 is 20.5 Å². The number of carbonyl (C=O) groups excluding carboxylic acids is 1. The molecule has 19 heavy (non-hydrogen) atoms. The van der Waals surface area contributed by atoms with Crippen molar-refractivity contribution in [2.24, 2.45) is 0 Å². The topological polar surface area (TPSA) is 87.7 Å². The van der Waals surface area contributed by atoms with E-state index < -0.39 is 18.0 Å². The molecule has 0 saturated carbocycles. The molecule has 6 heteroatoms. The van der Waals surface area contributed by atoms with Crippen LogP contribution in [-0.2, 0) is 4.79 Å². The summed E-state index contributed by atoms with van der Waals surface area (Å²) in [5, 5.41) is 13.9. The van der Waals surface area contributed by atoms with Gasteiger partial charge in [0.25, 0.3) is 0 Å². The minimum Gasteiger partial charge on any atom is -0.497 e. The van der Waals surface area contributed by atoms with Crippen LogP contribution in [0.25, 0.3) is 0 Å². The molecule has 0 saturated heterocycles. The highest BCUT2D eigenvalue weighted by molar-refractivity contribution is 5.92. The zero-order chi connectivity index (χ0) is 14.3. The Hall–Kier alpha value is -2.24.